The Kier molecular flexibility index (Phi) is 7.82. The zero-order valence-corrected chi connectivity index (χ0v) is 22.6. The van der Waals surface area contributed by atoms with Crippen molar-refractivity contribution < 1.29 is 14.2 Å². The van der Waals surface area contributed by atoms with E-state index in [0.717, 1.165) is 69.4 Å². The molecular formula is C33H35FN4O2. The molecule has 1 aromatic heterocycles. The lowest BCUT2D eigenvalue weighted by Gasteiger charge is -2.39. The van der Waals surface area contributed by atoms with Gasteiger partial charge in [0.15, 0.2) is 0 Å². The Labute approximate surface area is 235 Å². The number of halogens is 1. The number of nitrogens with zero attached hydrogens (tertiary/aromatic N) is 4. The van der Waals surface area contributed by atoms with Gasteiger partial charge in [-0.1, -0.05) is 24.3 Å². The molecule has 206 valence electrons. The van der Waals surface area contributed by atoms with E-state index in [1.54, 1.807) is 6.07 Å². The number of anilines is 2. The Balaban J connectivity index is 1.06. The summed E-state index contributed by atoms with van der Waals surface area (Å²) in [5.41, 5.74) is 4.59. The molecule has 0 radical (unpaired) electrons. The third-order valence-corrected chi connectivity index (χ3v) is 8.02. The van der Waals surface area contributed by atoms with Crippen LogP contribution in [0.5, 0.6) is 11.5 Å². The number of aromatic nitrogens is 1. The van der Waals surface area contributed by atoms with Crippen LogP contribution >= 0.6 is 0 Å². The minimum atomic E-state index is -0.232. The molecule has 4 aromatic rings. The third-order valence-electron chi connectivity index (χ3n) is 8.02. The lowest BCUT2D eigenvalue weighted by atomic mass is 9.88. The predicted octanol–water partition coefficient (Wildman–Crippen LogP) is 5.47. The number of ether oxygens (including phenoxy) is 1. The van der Waals surface area contributed by atoms with Gasteiger partial charge in [-0.2, -0.15) is 0 Å². The average molecular weight is 539 g/mol. The second kappa shape index (κ2) is 12.0. The van der Waals surface area contributed by atoms with Crippen LogP contribution in [-0.2, 0) is 12.8 Å². The molecule has 0 bridgehead atoms. The largest absolute Gasteiger partial charge is 0.508 e. The van der Waals surface area contributed by atoms with Crippen LogP contribution < -0.4 is 14.5 Å². The van der Waals surface area contributed by atoms with E-state index in [9.17, 15) is 9.50 Å². The number of hydrogen-bond donors (Lipinski definition) is 1. The first-order valence-electron chi connectivity index (χ1n) is 14.1. The number of hydrogen-bond acceptors (Lipinski definition) is 6. The molecule has 0 spiro atoms. The average Bonchev–Trinajstić information content (AvgIpc) is 2.99. The van der Waals surface area contributed by atoms with Crippen LogP contribution in [0.4, 0.5) is 15.9 Å². The summed E-state index contributed by atoms with van der Waals surface area (Å²) in [5, 5.41) is 10.0. The van der Waals surface area contributed by atoms with Gasteiger partial charge in [-0.05, 0) is 90.2 Å². The quantitative estimate of drug-likeness (QED) is 0.321. The highest BCUT2D eigenvalue weighted by Crippen LogP contribution is 2.37. The van der Waals surface area contributed by atoms with Crippen LogP contribution in [0.15, 0.2) is 91.1 Å². The lowest BCUT2D eigenvalue weighted by Crippen LogP contribution is -2.47. The number of pyridine rings is 1. The van der Waals surface area contributed by atoms with Gasteiger partial charge >= 0.3 is 0 Å². The molecule has 1 fully saturated rings. The van der Waals surface area contributed by atoms with Gasteiger partial charge in [0, 0.05) is 51.2 Å². The van der Waals surface area contributed by atoms with Crippen LogP contribution in [0, 0.1) is 5.82 Å². The summed E-state index contributed by atoms with van der Waals surface area (Å²) in [6.07, 6.45) is 3.49. The SMILES string of the molecule is Oc1ccc2c(c1)CCN(c1ccc(F)cc1)C2Cc1ccc(OCCN2CCN(c3ccccn3)CC2)cc1. The van der Waals surface area contributed by atoms with Crippen molar-refractivity contribution in [1.82, 2.24) is 9.88 Å². The molecule has 0 saturated carbocycles. The molecule has 2 aliphatic rings. The molecule has 1 unspecified atom stereocenters. The van der Waals surface area contributed by atoms with E-state index in [0.29, 0.717) is 12.4 Å². The Morgan fingerprint density at radius 3 is 2.42 bits per heavy atom. The minimum Gasteiger partial charge on any atom is -0.508 e. The summed E-state index contributed by atoms with van der Waals surface area (Å²) in [6.45, 7) is 6.32. The fraction of sp³-hybridized carbons (Fsp3) is 0.303. The highest BCUT2D eigenvalue weighted by Gasteiger charge is 2.28. The van der Waals surface area contributed by atoms with Crippen molar-refractivity contribution >= 4 is 11.5 Å². The number of aromatic hydroxyl groups is 1. The van der Waals surface area contributed by atoms with Crippen LogP contribution in [-0.4, -0.2) is 60.9 Å². The van der Waals surface area contributed by atoms with Crippen molar-refractivity contribution in [2.24, 2.45) is 0 Å². The van der Waals surface area contributed by atoms with Crippen molar-refractivity contribution in [3.05, 3.63) is 114 Å². The predicted molar refractivity (Wildman–Crippen MR) is 157 cm³/mol. The number of benzene rings is 3. The number of phenols is 1. The molecule has 7 heteroatoms. The first-order valence-corrected chi connectivity index (χ1v) is 14.1. The number of fused-ring (bicyclic) bond motifs is 1. The summed E-state index contributed by atoms with van der Waals surface area (Å²) in [7, 11) is 0. The molecule has 3 aromatic carbocycles. The fourth-order valence-electron chi connectivity index (χ4n) is 5.84. The molecule has 0 aliphatic carbocycles. The maximum atomic E-state index is 13.6. The molecule has 40 heavy (non-hydrogen) atoms. The summed E-state index contributed by atoms with van der Waals surface area (Å²) in [4.78, 5) is 11.6. The van der Waals surface area contributed by atoms with Crippen molar-refractivity contribution in [3.8, 4) is 11.5 Å². The Morgan fingerprint density at radius 1 is 0.875 bits per heavy atom. The summed E-state index contributed by atoms with van der Waals surface area (Å²) in [6, 6.07) is 26.9. The van der Waals surface area contributed by atoms with Gasteiger partial charge in [0.05, 0.1) is 6.04 Å². The van der Waals surface area contributed by atoms with E-state index in [2.05, 4.69) is 50.0 Å². The van der Waals surface area contributed by atoms with E-state index >= 15 is 0 Å². The van der Waals surface area contributed by atoms with Gasteiger partial charge in [-0.3, -0.25) is 4.90 Å². The van der Waals surface area contributed by atoms with Crippen LogP contribution in [0.3, 0.4) is 0 Å². The standard InChI is InChI=1S/C33H35FN4O2/c34-27-6-8-28(9-7-27)38-16-14-26-24-29(39)10-13-31(26)32(38)23-25-4-11-30(12-5-25)40-22-21-36-17-19-37(20-18-36)33-3-1-2-15-35-33/h1-13,15,24,32,39H,14,16-23H2. The van der Waals surface area contributed by atoms with E-state index in [1.165, 1.54) is 28.8 Å². The zero-order valence-electron chi connectivity index (χ0n) is 22.6. The van der Waals surface area contributed by atoms with E-state index < -0.39 is 0 Å². The smallest absolute Gasteiger partial charge is 0.128 e. The monoisotopic (exact) mass is 538 g/mol. The number of rotatable bonds is 8. The molecule has 1 saturated heterocycles. The molecule has 2 aliphatic heterocycles. The normalized spacial score (nSPS) is 17.5. The van der Waals surface area contributed by atoms with E-state index in [1.807, 2.05) is 42.6 Å². The van der Waals surface area contributed by atoms with Gasteiger partial charge in [-0.15, -0.1) is 0 Å². The molecular weight excluding hydrogens is 503 g/mol. The van der Waals surface area contributed by atoms with E-state index in [4.69, 9.17) is 4.74 Å². The molecule has 6 nitrogen and oxygen atoms in total. The van der Waals surface area contributed by atoms with Gasteiger partial charge in [-0.25, -0.2) is 9.37 Å². The lowest BCUT2D eigenvalue weighted by molar-refractivity contribution is 0.200. The highest BCUT2D eigenvalue weighted by molar-refractivity contribution is 5.54. The van der Waals surface area contributed by atoms with Crippen molar-refractivity contribution in [2.75, 3.05) is 55.7 Å². The Hall–Kier alpha value is -4.10. The highest BCUT2D eigenvalue weighted by atomic mass is 19.1. The molecule has 1 N–H and O–H groups in total. The number of phenolic OH excluding ortho intramolecular Hbond substituents is 1. The fourth-order valence-corrected chi connectivity index (χ4v) is 5.84. The molecule has 3 heterocycles. The van der Waals surface area contributed by atoms with E-state index in [-0.39, 0.29) is 11.9 Å². The zero-order chi connectivity index (χ0) is 27.3. The summed E-state index contributed by atoms with van der Waals surface area (Å²) < 4.78 is 19.7. The second-order valence-electron chi connectivity index (χ2n) is 10.5. The number of piperazine rings is 1. The van der Waals surface area contributed by atoms with Gasteiger partial charge < -0.3 is 19.6 Å². The maximum Gasteiger partial charge on any atom is 0.128 e. The first kappa shape index (κ1) is 26.1. The van der Waals surface area contributed by atoms with Crippen molar-refractivity contribution in [3.63, 3.8) is 0 Å². The second-order valence-corrected chi connectivity index (χ2v) is 10.5. The third kappa shape index (κ3) is 6.05. The van der Waals surface area contributed by atoms with Crippen LogP contribution in [0.2, 0.25) is 0 Å². The molecule has 1 atom stereocenters. The van der Waals surface area contributed by atoms with Crippen molar-refractivity contribution in [2.45, 2.75) is 18.9 Å². The van der Waals surface area contributed by atoms with Crippen LogP contribution in [0.25, 0.3) is 0 Å². The topological polar surface area (TPSA) is 52.1 Å². The molecule has 0 amide bonds. The van der Waals surface area contributed by atoms with Gasteiger partial charge in [0.1, 0.15) is 29.7 Å². The first-order chi connectivity index (χ1) is 19.6. The Bertz CT molecular complexity index is 1390. The van der Waals surface area contributed by atoms with Crippen LogP contribution in [0.1, 0.15) is 22.7 Å². The molecule has 6 rings (SSSR count). The van der Waals surface area contributed by atoms with Crippen molar-refractivity contribution in [1.29, 1.82) is 0 Å². The summed E-state index contributed by atoms with van der Waals surface area (Å²) >= 11 is 0. The maximum absolute atomic E-state index is 13.6. The Morgan fingerprint density at radius 2 is 1.68 bits per heavy atom. The summed E-state index contributed by atoms with van der Waals surface area (Å²) in [5.74, 6) is 1.99. The van der Waals surface area contributed by atoms with Gasteiger partial charge in [0.2, 0.25) is 0 Å². The van der Waals surface area contributed by atoms with Gasteiger partial charge in [0.25, 0.3) is 0 Å². The minimum absolute atomic E-state index is 0.0892.